The first-order valence-electron chi connectivity index (χ1n) is 5.56. The first-order chi connectivity index (χ1) is 9.01. The summed E-state index contributed by atoms with van der Waals surface area (Å²) >= 11 is 5.48. The molecule has 0 radical (unpaired) electrons. The molecule has 0 saturated carbocycles. The topological polar surface area (TPSA) is 86.5 Å². The maximum atomic E-state index is 11.8. The zero-order valence-corrected chi connectivity index (χ0v) is 11.0. The summed E-state index contributed by atoms with van der Waals surface area (Å²) in [7, 11) is 0. The number of alkyl halides is 1. The Morgan fingerprint density at radius 2 is 2.05 bits per heavy atom. The summed E-state index contributed by atoms with van der Waals surface area (Å²) < 4.78 is 4.78. The highest BCUT2D eigenvalue weighted by molar-refractivity contribution is 6.20. The molecule has 0 saturated heterocycles. The van der Waals surface area contributed by atoms with Gasteiger partial charge < -0.3 is 4.74 Å². The van der Waals surface area contributed by atoms with Crippen LogP contribution in [-0.4, -0.2) is 29.2 Å². The molecule has 0 aliphatic rings. The molecule has 0 amide bonds. The van der Waals surface area contributed by atoms with Gasteiger partial charge in [-0.15, -0.1) is 11.6 Å². The number of non-ortho nitro benzene ring substituents is 1. The number of nitro benzene ring substituents is 1. The van der Waals surface area contributed by atoms with Crippen LogP contribution in [0.1, 0.15) is 34.1 Å². The number of hydrogen-bond acceptors (Lipinski definition) is 5. The Kier molecular flexibility index (Phi) is 5.44. The SMILES string of the molecule is CCOC(=O)c1cc([N+](=O)[O-])ccc1C(=O)CCCl. The standard InChI is InChI=1S/C12H12ClNO5/c1-2-19-12(16)10-7-8(14(17)18)3-4-9(10)11(15)5-6-13/h3-4,7H,2,5-6H2,1H3. The van der Waals surface area contributed by atoms with Crippen molar-refractivity contribution in [1.29, 1.82) is 0 Å². The second kappa shape index (κ2) is 6.84. The van der Waals surface area contributed by atoms with Crippen molar-refractivity contribution in [3.8, 4) is 0 Å². The smallest absolute Gasteiger partial charge is 0.339 e. The first-order valence-corrected chi connectivity index (χ1v) is 6.09. The second-order valence-corrected chi connectivity index (χ2v) is 3.95. The normalized spacial score (nSPS) is 10.0. The van der Waals surface area contributed by atoms with Crippen LogP contribution in [0.2, 0.25) is 0 Å². The molecule has 0 atom stereocenters. The molecule has 1 aromatic rings. The van der Waals surface area contributed by atoms with Gasteiger partial charge in [-0.05, 0) is 13.0 Å². The third-order valence-electron chi connectivity index (χ3n) is 2.33. The summed E-state index contributed by atoms with van der Waals surface area (Å²) in [6.45, 7) is 1.72. The second-order valence-electron chi connectivity index (χ2n) is 3.57. The molecule has 0 spiro atoms. The van der Waals surface area contributed by atoms with Crippen LogP contribution in [-0.2, 0) is 4.74 Å². The Hall–Kier alpha value is -1.95. The molecule has 19 heavy (non-hydrogen) atoms. The largest absolute Gasteiger partial charge is 0.462 e. The minimum Gasteiger partial charge on any atom is -0.462 e. The molecule has 0 fully saturated rings. The first kappa shape index (κ1) is 15.1. The zero-order chi connectivity index (χ0) is 14.4. The molecule has 102 valence electrons. The predicted molar refractivity (Wildman–Crippen MR) is 68.7 cm³/mol. The van der Waals surface area contributed by atoms with Crippen LogP contribution >= 0.6 is 11.6 Å². The van der Waals surface area contributed by atoms with Gasteiger partial charge in [-0.1, -0.05) is 0 Å². The van der Waals surface area contributed by atoms with Gasteiger partial charge in [-0.25, -0.2) is 4.79 Å². The van der Waals surface area contributed by atoms with Crippen molar-refractivity contribution in [3.05, 3.63) is 39.4 Å². The van der Waals surface area contributed by atoms with E-state index in [4.69, 9.17) is 16.3 Å². The van der Waals surface area contributed by atoms with Gasteiger partial charge in [-0.3, -0.25) is 14.9 Å². The molecule has 1 aromatic carbocycles. The molecule has 0 bridgehead atoms. The van der Waals surface area contributed by atoms with Crippen molar-refractivity contribution in [3.63, 3.8) is 0 Å². The van der Waals surface area contributed by atoms with Crippen molar-refractivity contribution in [1.82, 2.24) is 0 Å². The van der Waals surface area contributed by atoms with E-state index in [-0.39, 0.29) is 41.5 Å². The number of carbonyl (C=O) groups excluding carboxylic acids is 2. The van der Waals surface area contributed by atoms with E-state index in [9.17, 15) is 19.7 Å². The summed E-state index contributed by atoms with van der Waals surface area (Å²) in [5.41, 5.74) is -0.290. The van der Waals surface area contributed by atoms with Crippen molar-refractivity contribution in [2.45, 2.75) is 13.3 Å². The van der Waals surface area contributed by atoms with Crippen LogP contribution in [0.15, 0.2) is 18.2 Å². The highest BCUT2D eigenvalue weighted by Crippen LogP contribution is 2.20. The minimum absolute atomic E-state index is 0.0474. The number of halogens is 1. The van der Waals surface area contributed by atoms with E-state index in [2.05, 4.69) is 0 Å². The van der Waals surface area contributed by atoms with Crippen LogP contribution in [0.4, 0.5) is 5.69 Å². The molecule has 7 heteroatoms. The average Bonchev–Trinajstić information content (AvgIpc) is 2.38. The highest BCUT2D eigenvalue weighted by atomic mass is 35.5. The number of nitro groups is 1. The van der Waals surface area contributed by atoms with Gasteiger partial charge in [-0.2, -0.15) is 0 Å². The Morgan fingerprint density at radius 1 is 1.37 bits per heavy atom. The van der Waals surface area contributed by atoms with Gasteiger partial charge >= 0.3 is 5.97 Å². The average molecular weight is 286 g/mol. The van der Waals surface area contributed by atoms with Gasteiger partial charge in [0.2, 0.25) is 0 Å². The van der Waals surface area contributed by atoms with Gasteiger partial charge in [0.25, 0.3) is 5.69 Å². The molecule has 0 N–H and O–H groups in total. The maximum absolute atomic E-state index is 11.8. The van der Waals surface area contributed by atoms with Crippen molar-refractivity contribution < 1.29 is 19.2 Å². The predicted octanol–water partition coefficient (Wildman–Crippen LogP) is 2.58. The number of ketones is 1. The van der Waals surface area contributed by atoms with E-state index in [0.717, 1.165) is 6.07 Å². The number of ether oxygens (including phenoxy) is 1. The molecular weight excluding hydrogens is 274 g/mol. The van der Waals surface area contributed by atoms with Gasteiger partial charge in [0.15, 0.2) is 5.78 Å². The molecule has 0 heterocycles. The number of Topliss-reactive ketones (excluding diaryl/α,β-unsaturated/α-hetero) is 1. The van der Waals surface area contributed by atoms with E-state index in [1.807, 2.05) is 0 Å². The summed E-state index contributed by atoms with van der Waals surface area (Å²) in [6, 6.07) is 3.46. The van der Waals surface area contributed by atoms with Crippen LogP contribution in [0.25, 0.3) is 0 Å². The third kappa shape index (κ3) is 3.75. The van der Waals surface area contributed by atoms with Crippen LogP contribution in [0.3, 0.4) is 0 Å². The number of esters is 1. The third-order valence-corrected chi connectivity index (χ3v) is 2.52. The van der Waals surface area contributed by atoms with E-state index >= 15 is 0 Å². The fraction of sp³-hybridized carbons (Fsp3) is 0.333. The zero-order valence-electron chi connectivity index (χ0n) is 10.2. The fourth-order valence-corrected chi connectivity index (χ4v) is 1.66. The maximum Gasteiger partial charge on any atom is 0.339 e. The summed E-state index contributed by atoms with van der Waals surface area (Å²) in [5, 5.41) is 10.7. The van der Waals surface area contributed by atoms with E-state index in [1.54, 1.807) is 6.92 Å². The molecule has 0 aromatic heterocycles. The lowest BCUT2D eigenvalue weighted by atomic mass is 10.0. The summed E-state index contributed by atoms with van der Waals surface area (Å²) in [6.07, 6.45) is 0.0474. The number of rotatable bonds is 6. The summed E-state index contributed by atoms with van der Waals surface area (Å²) in [4.78, 5) is 33.6. The van der Waals surface area contributed by atoms with Crippen LogP contribution in [0, 0.1) is 10.1 Å². The van der Waals surface area contributed by atoms with Crippen molar-refractivity contribution >= 4 is 29.0 Å². The fourth-order valence-electron chi connectivity index (χ4n) is 1.49. The van der Waals surface area contributed by atoms with E-state index < -0.39 is 10.9 Å². The summed E-state index contributed by atoms with van der Waals surface area (Å²) in [5.74, 6) is -1.00. The lowest BCUT2D eigenvalue weighted by molar-refractivity contribution is -0.384. The molecule has 0 aliphatic heterocycles. The molecular formula is C12H12ClNO5. The van der Waals surface area contributed by atoms with Gasteiger partial charge in [0.1, 0.15) is 0 Å². The lowest BCUT2D eigenvalue weighted by Gasteiger charge is -2.07. The minimum atomic E-state index is -0.760. The van der Waals surface area contributed by atoms with Gasteiger partial charge in [0.05, 0.1) is 17.1 Å². The Balaban J connectivity index is 3.26. The Bertz CT molecular complexity index is 515. The van der Waals surface area contributed by atoms with Crippen LogP contribution in [0.5, 0.6) is 0 Å². The quantitative estimate of drug-likeness (QED) is 0.264. The van der Waals surface area contributed by atoms with Crippen LogP contribution < -0.4 is 0 Å². The number of carbonyl (C=O) groups is 2. The molecule has 1 rings (SSSR count). The number of nitrogens with zero attached hydrogens (tertiary/aromatic N) is 1. The van der Waals surface area contributed by atoms with Crippen molar-refractivity contribution in [2.24, 2.45) is 0 Å². The lowest BCUT2D eigenvalue weighted by Crippen LogP contribution is -2.12. The number of benzene rings is 1. The monoisotopic (exact) mass is 285 g/mol. The number of hydrogen-bond donors (Lipinski definition) is 0. The van der Waals surface area contributed by atoms with E-state index in [1.165, 1.54) is 12.1 Å². The highest BCUT2D eigenvalue weighted by Gasteiger charge is 2.21. The Morgan fingerprint density at radius 3 is 2.58 bits per heavy atom. The molecule has 0 unspecified atom stereocenters. The van der Waals surface area contributed by atoms with Gasteiger partial charge in [0, 0.05) is 30.0 Å². The van der Waals surface area contributed by atoms with Crippen molar-refractivity contribution in [2.75, 3.05) is 12.5 Å². The van der Waals surface area contributed by atoms with E-state index in [0.29, 0.717) is 0 Å². The molecule has 0 aliphatic carbocycles. The molecule has 6 nitrogen and oxygen atoms in total. The Labute approximate surface area is 114 Å².